The number of fused-ring (bicyclic) bond motifs is 1. The Hall–Kier alpha value is -2.32. The molecule has 0 radical (unpaired) electrons. The molecular weight excluding hydrogens is 498 g/mol. The van der Waals surface area contributed by atoms with Crippen molar-refractivity contribution in [2.45, 2.75) is 49.0 Å². The third-order valence-corrected chi connectivity index (χ3v) is 9.21. The van der Waals surface area contributed by atoms with Crippen molar-refractivity contribution < 1.29 is 21.9 Å². The lowest BCUT2D eigenvalue weighted by Gasteiger charge is -2.25. The molecule has 0 amide bonds. The number of imidazole rings is 1. The number of nitrogens with zero attached hydrogens (tertiary/aromatic N) is 4. The van der Waals surface area contributed by atoms with E-state index in [9.17, 15) is 17.2 Å². The predicted molar refractivity (Wildman–Crippen MR) is 126 cm³/mol. The summed E-state index contributed by atoms with van der Waals surface area (Å²) in [7, 11) is -3.84. The Labute approximate surface area is 204 Å². The molecule has 0 atom stereocenters. The van der Waals surface area contributed by atoms with Crippen LogP contribution >= 0.6 is 11.3 Å². The maximum atomic E-state index is 13.4. The molecule has 9 nitrogen and oxygen atoms in total. The molecule has 0 bridgehead atoms. The van der Waals surface area contributed by atoms with Crippen molar-refractivity contribution in [3.8, 4) is 10.8 Å². The number of alkyl halides is 2. The van der Waals surface area contributed by atoms with Crippen molar-refractivity contribution in [3.63, 3.8) is 0 Å². The van der Waals surface area contributed by atoms with Gasteiger partial charge in [0, 0.05) is 23.8 Å². The summed E-state index contributed by atoms with van der Waals surface area (Å²) in [5, 5.41) is 10.7. The number of nitrogens with one attached hydrogen (secondary N) is 2. The van der Waals surface area contributed by atoms with Gasteiger partial charge in [0.25, 0.3) is 6.43 Å². The summed E-state index contributed by atoms with van der Waals surface area (Å²) in [6, 6.07) is 1.71. The van der Waals surface area contributed by atoms with E-state index in [1.54, 1.807) is 10.5 Å². The number of pyridine rings is 1. The van der Waals surface area contributed by atoms with Crippen LogP contribution < -0.4 is 10.0 Å². The van der Waals surface area contributed by atoms with Crippen molar-refractivity contribution in [1.82, 2.24) is 29.6 Å². The highest BCUT2D eigenvalue weighted by atomic mass is 32.2. The molecule has 3 aromatic heterocycles. The van der Waals surface area contributed by atoms with Crippen LogP contribution in [-0.2, 0) is 14.8 Å². The van der Waals surface area contributed by atoms with Gasteiger partial charge in [-0.15, -0.1) is 10.2 Å². The largest absolute Gasteiger partial charge is 0.380 e. The van der Waals surface area contributed by atoms with E-state index in [1.165, 1.54) is 6.20 Å². The van der Waals surface area contributed by atoms with E-state index in [4.69, 9.17) is 9.72 Å². The minimum atomic E-state index is -3.84. The fourth-order valence-corrected chi connectivity index (χ4v) is 6.57. The number of sulfonamides is 1. The smallest absolute Gasteiger partial charge is 0.291 e. The monoisotopic (exact) mass is 522 g/mol. The van der Waals surface area contributed by atoms with E-state index in [2.05, 4.69) is 26.3 Å². The van der Waals surface area contributed by atoms with Crippen LogP contribution in [0.4, 0.5) is 8.78 Å². The maximum absolute atomic E-state index is 13.4. The Balaban J connectivity index is 1.61. The second-order valence-corrected chi connectivity index (χ2v) is 12.2. The second kappa shape index (κ2) is 8.37. The van der Waals surface area contributed by atoms with Crippen LogP contribution in [-0.4, -0.2) is 59.8 Å². The van der Waals surface area contributed by atoms with Crippen LogP contribution in [0.2, 0.25) is 0 Å². The first-order chi connectivity index (χ1) is 16.7. The zero-order chi connectivity index (χ0) is 24.4. The van der Waals surface area contributed by atoms with Crippen LogP contribution in [0, 0.1) is 0 Å². The van der Waals surface area contributed by atoms with E-state index in [1.807, 2.05) is 6.92 Å². The van der Waals surface area contributed by atoms with Gasteiger partial charge in [-0.2, -0.15) is 0 Å². The first-order valence-corrected chi connectivity index (χ1v) is 13.7. The summed E-state index contributed by atoms with van der Waals surface area (Å²) in [4.78, 5) is 4.91. The predicted octanol–water partition coefficient (Wildman–Crippen LogP) is 3.11. The lowest BCUT2D eigenvalue weighted by Crippen LogP contribution is -2.34. The average Bonchev–Trinajstić information content (AvgIpc) is 3.19. The van der Waals surface area contributed by atoms with E-state index in [-0.39, 0.29) is 15.8 Å². The molecule has 3 aromatic rings. The van der Waals surface area contributed by atoms with Crippen molar-refractivity contribution in [2.24, 2.45) is 0 Å². The molecule has 0 unspecified atom stereocenters. The number of aromatic nitrogens is 4. The zero-order valence-corrected chi connectivity index (χ0v) is 20.6. The van der Waals surface area contributed by atoms with Gasteiger partial charge in [0.2, 0.25) is 10.0 Å². The quantitative estimate of drug-likeness (QED) is 0.491. The van der Waals surface area contributed by atoms with Crippen molar-refractivity contribution in [3.05, 3.63) is 34.6 Å². The summed E-state index contributed by atoms with van der Waals surface area (Å²) in [5.74, 6) is 0.324. The third-order valence-electron chi connectivity index (χ3n) is 6.68. The Kier molecular flexibility index (Phi) is 5.53. The fraction of sp³-hybridized carbons (Fsp3) is 0.500. The molecule has 1 aliphatic carbocycles. The van der Waals surface area contributed by atoms with Gasteiger partial charge >= 0.3 is 0 Å². The van der Waals surface area contributed by atoms with Crippen molar-refractivity contribution in [2.75, 3.05) is 26.3 Å². The lowest BCUT2D eigenvalue weighted by atomic mass is 9.95. The highest BCUT2D eigenvalue weighted by Gasteiger charge is 2.42. The summed E-state index contributed by atoms with van der Waals surface area (Å²) >= 11 is 0.758. The van der Waals surface area contributed by atoms with Gasteiger partial charge in [0.05, 0.1) is 35.2 Å². The van der Waals surface area contributed by atoms with Crippen LogP contribution in [0.25, 0.3) is 21.9 Å². The van der Waals surface area contributed by atoms with Crippen LogP contribution in [0.3, 0.4) is 0 Å². The standard InChI is InChI=1S/C22H24F2N6O3S2/c1-22(4-5-22)29-35(31,32)14-8-15(12-2-6-25-7-3-12)17-16(13-10-33-11-13)26-19(30(17)9-14)21-28-27-20(34-21)18(23)24/h2,8-9,13,18,25,29H,3-7,10-11H2,1H3. The molecule has 0 spiro atoms. The summed E-state index contributed by atoms with van der Waals surface area (Å²) < 4.78 is 63.2. The Bertz CT molecular complexity index is 1440. The first-order valence-electron chi connectivity index (χ1n) is 11.4. The summed E-state index contributed by atoms with van der Waals surface area (Å²) in [5.41, 5.74) is 2.85. The highest BCUT2D eigenvalue weighted by molar-refractivity contribution is 7.89. The van der Waals surface area contributed by atoms with Crippen molar-refractivity contribution >= 4 is 32.4 Å². The fourth-order valence-electron chi connectivity index (χ4n) is 4.39. The maximum Gasteiger partial charge on any atom is 0.291 e. The Morgan fingerprint density at radius 1 is 1.31 bits per heavy atom. The molecular formula is C22H24F2N6O3S2. The molecule has 35 heavy (non-hydrogen) atoms. The lowest BCUT2D eigenvalue weighted by molar-refractivity contribution is 0.00747. The normalized spacial score (nSPS) is 20.3. The van der Waals surface area contributed by atoms with E-state index < -0.39 is 27.0 Å². The Morgan fingerprint density at radius 3 is 2.71 bits per heavy atom. The third kappa shape index (κ3) is 4.18. The van der Waals surface area contributed by atoms with Gasteiger partial charge in [0.15, 0.2) is 15.8 Å². The van der Waals surface area contributed by atoms with Gasteiger partial charge in [-0.3, -0.25) is 4.40 Å². The number of hydrogen-bond donors (Lipinski definition) is 2. The molecule has 2 N–H and O–H groups in total. The molecule has 3 aliphatic rings. The topological polar surface area (TPSA) is 111 Å². The average molecular weight is 523 g/mol. The van der Waals surface area contributed by atoms with Gasteiger partial charge in [0.1, 0.15) is 0 Å². The van der Waals surface area contributed by atoms with Crippen LogP contribution in [0.1, 0.15) is 54.8 Å². The highest BCUT2D eigenvalue weighted by Crippen LogP contribution is 2.40. The number of ether oxygens (including phenoxy) is 1. The minimum absolute atomic E-state index is 0.0215. The van der Waals surface area contributed by atoms with E-state index >= 15 is 0 Å². The molecule has 6 rings (SSSR count). The Morgan fingerprint density at radius 2 is 2.11 bits per heavy atom. The second-order valence-electron chi connectivity index (χ2n) is 9.46. The first kappa shape index (κ1) is 23.1. The van der Waals surface area contributed by atoms with Gasteiger partial charge < -0.3 is 10.1 Å². The van der Waals surface area contributed by atoms with Gasteiger partial charge in [-0.05, 0) is 44.4 Å². The van der Waals surface area contributed by atoms with Gasteiger partial charge in [-0.1, -0.05) is 17.4 Å². The summed E-state index contributed by atoms with van der Waals surface area (Å²) in [6.07, 6.45) is 3.10. The molecule has 1 saturated heterocycles. The van der Waals surface area contributed by atoms with Crippen LogP contribution in [0.5, 0.6) is 0 Å². The molecule has 2 fully saturated rings. The number of halogens is 2. The van der Waals surface area contributed by atoms with Gasteiger partial charge in [-0.25, -0.2) is 26.9 Å². The molecule has 5 heterocycles. The van der Waals surface area contributed by atoms with E-state index in [0.717, 1.165) is 59.5 Å². The molecule has 186 valence electrons. The summed E-state index contributed by atoms with van der Waals surface area (Å²) in [6.45, 7) is 4.30. The number of rotatable bonds is 7. The van der Waals surface area contributed by atoms with Crippen molar-refractivity contribution in [1.29, 1.82) is 0 Å². The molecule has 13 heteroatoms. The minimum Gasteiger partial charge on any atom is -0.380 e. The SMILES string of the molecule is CC1(NS(=O)(=O)c2cc(C3=CCNCC3)c3c(C4COC4)nc(-c4nnc(C(F)F)s4)n3c2)CC1. The zero-order valence-electron chi connectivity index (χ0n) is 18.9. The molecule has 2 aliphatic heterocycles. The molecule has 0 aromatic carbocycles. The molecule has 1 saturated carbocycles. The van der Waals surface area contributed by atoms with Crippen LogP contribution in [0.15, 0.2) is 23.2 Å². The van der Waals surface area contributed by atoms with E-state index in [0.29, 0.717) is 25.6 Å². The number of hydrogen-bond acceptors (Lipinski definition) is 8.